The minimum Gasteiger partial charge on any atom is -0.310 e. The van der Waals surface area contributed by atoms with Gasteiger partial charge in [-0.25, -0.2) is 0 Å². The number of fused-ring (bicyclic) bond motifs is 3. The third kappa shape index (κ3) is 7.87. The fraction of sp³-hybridized carbons (Fsp3) is 0.200. The van der Waals surface area contributed by atoms with E-state index in [1.54, 1.807) is 0 Å². The van der Waals surface area contributed by atoms with E-state index in [4.69, 9.17) is 0 Å². The summed E-state index contributed by atoms with van der Waals surface area (Å²) < 4.78 is 2.47. The number of anilines is 3. The van der Waals surface area contributed by atoms with Crippen LogP contribution in [0.2, 0.25) is 0 Å². The summed E-state index contributed by atoms with van der Waals surface area (Å²) in [5.74, 6) is 0. The molecule has 0 atom stereocenters. The van der Waals surface area contributed by atoms with Crippen molar-refractivity contribution in [3.8, 4) is 39.1 Å². The Labute approximate surface area is 369 Å². The monoisotopic (exact) mass is 806 g/mol. The minimum absolute atomic E-state index is 0.0649. The van der Waals surface area contributed by atoms with Crippen molar-refractivity contribution in [1.29, 1.82) is 0 Å². The fourth-order valence-corrected chi connectivity index (χ4v) is 8.80. The van der Waals surface area contributed by atoms with Crippen LogP contribution in [0.3, 0.4) is 0 Å². The van der Waals surface area contributed by atoms with Crippen molar-refractivity contribution in [2.75, 3.05) is 4.90 Å². The number of aromatic nitrogens is 1. The molecular formula is C60H58N2. The van der Waals surface area contributed by atoms with Crippen LogP contribution in [0.15, 0.2) is 188 Å². The first-order chi connectivity index (χ1) is 29.6. The lowest BCUT2D eigenvalue weighted by atomic mass is 9.86. The largest absolute Gasteiger partial charge is 0.310 e. The lowest BCUT2D eigenvalue weighted by Crippen LogP contribution is -2.11. The molecule has 9 rings (SSSR count). The third-order valence-corrected chi connectivity index (χ3v) is 12.5. The van der Waals surface area contributed by atoms with Crippen molar-refractivity contribution >= 4 is 38.9 Å². The molecule has 0 spiro atoms. The predicted octanol–water partition coefficient (Wildman–Crippen LogP) is 17.1. The van der Waals surface area contributed by atoms with E-state index >= 15 is 0 Å². The molecule has 0 amide bonds. The third-order valence-electron chi connectivity index (χ3n) is 12.5. The Bertz CT molecular complexity index is 2840. The van der Waals surface area contributed by atoms with Crippen LogP contribution in [0.1, 0.15) is 79.0 Å². The van der Waals surface area contributed by atoms with E-state index in [2.05, 4.69) is 260 Å². The summed E-state index contributed by atoms with van der Waals surface area (Å²) in [5, 5.41) is 2.49. The van der Waals surface area contributed by atoms with Crippen LogP contribution in [-0.4, -0.2) is 4.57 Å². The first-order valence-corrected chi connectivity index (χ1v) is 22.1. The van der Waals surface area contributed by atoms with Crippen LogP contribution in [-0.2, 0) is 16.2 Å². The molecule has 0 fully saturated rings. The maximum Gasteiger partial charge on any atom is 0.0561 e. The lowest BCUT2D eigenvalue weighted by molar-refractivity contribution is 0.590. The van der Waals surface area contributed by atoms with Gasteiger partial charge in [0, 0.05) is 33.4 Å². The molecule has 0 bridgehead atoms. The van der Waals surface area contributed by atoms with Crippen LogP contribution < -0.4 is 4.90 Å². The van der Waals surface area contributed by atoms with Crippen molar-refractivity contribution in [2.45, 2.75) is 78.6 Å². The van der Waals surface area contributed by atoms with Gasteiger partial charge in [0.1, 0.15) is 0 Å². The van der Waals surface area contributed by atoms with Crippen molar-refractivity contribution in [3.05, 3.63) is 205 Å². The number of rotatable bonds is 7. The molecule has 8 aromatic carbocycles. The Morgan fingerprint density at radius 3 is 1.02 bits per heavy atom. The Balaban J connectivity index is 1.21. The topological polar surface area (TPSA) is 8.17 Å². The normalized spacial score (nSPS) is 12.3. The van der Waals surface area contributed by atoms with Gasteiger partial charge >= 0.3 is 0 Å². The van der Waals surface area contributed by atoms with Gasteiger partial charge in [-0.05, 0) is 109 Å². The smallest absolute Gasteiger partial charge is 0.0561 e. The highest BCUT2D eigenvalue weighted by Crippen LogP contribution is 2.43. The molecule has 0 saturated heterocycles. The molecule has 62 heavy (non-hydrogen) atoms. The van der Waals surface area contributed by atoms with Crippen molar-refractivity contribution in [1.82, 2.24) is 4.57 Å². The highest BCUT2D eigenvalue weighted by atomic mass is 15.1. The second-order valence-corrected chi connectivity index (χ2v) is 20.0. The Morgan fingerprint density at radius 2 is 0.645 bits per heavy atom. The molecular weight excluding hydrogens is 749 g/mol. The molecule has 0 saturated carbocycles. The summed E-state index contributed by atoms with van der Waals surface area (Å²) in [6, 6.07) is 70.0. The second-order valence-electron chi connectivity index (χ2n) is 20.0. The fourth-order valence-electron chi connectivity index (χ4n) is 8.80. The summed E-state index contributed by atoms with van der Waals surface area (Å²) in [7, 11) is 0. The van der Waals surface area contributed by atoms with Crippen LogP contribution in [0.5, 0.6) is 0 Å². The van der Waals surface area contributed by atoms with Gasteiger partial charge in [-0.15, -0.1) is 0 Å². The van der Waals surface area contributed by atoms with Gasteiger partial charge in [-0.3, -0.25) is 0 Å². The molecule has 2 nitrogen and oxygen atoms in total. The second kappa shape index (κ2) is 15.7. The number of nitrogens with zero attached hydrogens (tertiary/aromatic N) is 2. The Kier molecular flexibility index (Phi) is 10.3. The van der Waals surface area contributed by atoms with Crippen molar-refractivity contribution < 1.29 is 0 Å². The van der Waals surface area contributed by atoms with Crippen LogP contribution in [0.25, 0.3) is 60.9 Å². The lowest BCUT2D eigenvalue weighted by Gasteiger charge is -2.28. The Hall–Kier alpha value is -6.64. The van der Waals surface area contributed by atoms with Crippen LogP contribution in [0, 0.1) is 0 Å². The maximum absolute atomic E-state index is 2.47. The number of hydrogen-bond acceptors (Lipinski definition) is 1. The summed E-state index contributed by atoms with van der Waals surface area (Å²) in [5.41, 5.74) is 18.3. The summed E-state index contributed by atoms with van der Waals surface area (Å²) in [6.45, 7) is 20.4. The quantitative estimate of drug-likeness (QED) is 0.156. The van der Waals surface area contributed by atoms with Gasteiger partial charge < -0.3 is 9.47 Å². The maximum atomic E-state index is 2.47. The first kappa shape index (κ1) is 40.7. The molecule has 0 N–H and O–H groups in total. The average Bonchev–Trinajstić information content (AvgIpc) is 3.60. The van der Waals surface area contributed by atoms with E-state index in [-0.39, 0.29) is 16.2 Å². The highest BCUT2D eigenvalue weighted by molar-refractivity contribution is 6.10. The van der Waals surface area contributed by atoms with E-state index in [1.165, 1.54) is 71.9 Å². The van der Waals surface area contributed by atoms with Crippen LogP contribution >= 0.6 is 0 Å². The van der Waals surface area contributed by atoms with Crippen LogP contribution in [0.4, 0.5) is 17.1 Å². The van der Waals surface area contributed by atoms with E-state index in [9.17, 15) is 0 Å². The molecule has 0 aliphatic rings. The molecule has 9 aromatic rings. The molecule has 0 aliphatic carbocycles. The summed E-state index contributed by atoms with van der Waals surface area (Å²) in [6.07, 6.45) is 0. The van der Waals surface area contributed by atoms with Gasteiger partial charge in [0.25, 0.3) is 0 Å². The zero-order chi connectivity index (χ0) is 43.4. The molecule has 2 heteroatoms. The molecule has 0 unspecified atom stereocenters. The molecule has 0 aliphatic heterocycles. The Morgan fingerprint density at radius 1 is 0.323 bits per heavy atom. The van der Waals surface area contributed by atoms with E-state index in [0.717, 1.165) is 22.7 Å². The number of para-hydroxylation sites is 2. The predicted molar refractivity (Wildman–Crippen MR) is 268 cm³/mol. The van der Waals surface area contributed by atoms with Gasteiger partial charge in [0.15, 0.2) is 0 Å². The zero-order valence-electron chi connectivity index (χ0n) is 37.8. The highest BCUT2D eigenvalue weighted by Gasteiger charge is 2.22. The molecule has 1 aromatic heterocycles. The molecule has 1 heterocycles. The van der Waals surface area contributed by atoms with Gasteiger partial charge in [0.05, 0.1) is 16.7 Å². The van der Waals surface area contributed by atoms with Gasteiger partial charge in [0.2, 0.25) is 0 Å². The summed E-state index contributed by atoms with van der Waals surface area (Å²) in [4.78, 5) is 2.41. The van der Waals surface area contributed by atoms with Crippen molar-refractivity contribution in [2.24, 2.45) is 0 Å². The van der Waals surface area contributed by atoms with E-state index in [1.807, 2.05) is 0 Å². The minimum atomic E-state index is 0.0649. The molecule has 0 radical (unpaired) electrons. The van der Waals surface area contributed by atoms with E-state index < -0.39 is 0 Å². The summed E-state index contributed by atoms with van der Waals surface area (Å²) >= 11 is 0. The standard InChI is InChI=1S/C60H58N2/c1-58(2,3)46-28-18-41(19-29-46)43-24-34-49(35-25-43)61(50-36-26-44(27-37-50)42-20-30-47(31-21-42)59(4,5)6)51-38-39-52(45-22-32-48(33-23-45)60(7,8)9)57(40-51)62-55-16-12-10-14-53(55)54-15-11-13-17-56(54)62/h10-40H,1-9H3. The van der Waals surface area contributed by atoms with Gasteiger partial charge in [-0.1, -0.05) is 202 Å². The van der Waals surface area contributed by atoms with Gasteiger partial charge in [-0.2, -0.15) is 0 Å². The molecule has 308 valence electrons. The number of benzene rings is 8. The SMILES string of the molecule is CC(C)(C)c1ccc(-c2ccc(N(c3ccc(-c4ccc(C(C)(C)C)cc4)cc3)c3ccc(-c4ccc(C(C)(C)C)cc4)c(-n4c5ccccc5c5ccccc54)c3)cc2)cc1. The number of hydrogen-bond donors (Lipinski definition) is 0. The first-order valence-electron chi connectivity index (χ1n) is 22.1. The average molecular weight is 807 g/mol. The zero-order valence-corrected chi connectivity index (χ0v) is 37.8. The van der Waals surface area contributed by atoms with Crippen molar-refractivity contribution in [3.63, 3.8) is 0 Å². The van der Waals surface area contributed by atoms with E-state index in [0.29, 0.717) is 0 Å².